The molecule has 9 heteroatoms. The summed E-state index contributed by atoms with van der Waals surface area (Å²) < 4.78 is 3.68. The fourth-order valence-corrected chi connectivity index (χ4v) is 3.61. The molecular weight excluding hydrogens is 378 g/mol. The first-order valence-corrected chi connectivity index (χ1v) is 9.43. The number of benzene rings is 1. The first-order chi connectivity index (χ1) is 13.5. The summed E-state index contributed by atoms with van der Waals surface area (Å²) >= 11 is 6.15. The molecule has 1 aliphatic heterocycles. The summed E-state index contributed by atoms with van der Waals surface area (Å²) in [7, 11) is 4.03. The zero-order valence-electron chi connectivity index (χ0n) is 15.8. The minimum absolute atomic E-state index is 0.0512. The second-order valence-corrected chi connectivity index (χ2v) is 7.32. The van der Waals surface area contributed by atoms with Gasteiger partial charge in [-0.15, -0.1) is 0 Å². The lowest BCUT2D eigenvalue weighted by atomic mass is 10.1. The number of halogens is 1. The predicted molar refractivity (Wildman–Crippen MR) is 108 cm³/mol. The number of imidazole rings is 1. The van der Waals surface area contributed by atoms with Crippen molar-refractivity contribution in [3.8, 4) is 5.69 Å². The van der Waals surface area contributed by atoms with Gasteiger partial charge in [-0.25, -0.2) is 14.5 Å². The van der Waals surface area contributed by atoms with E-state index in [-0.39, 0.29) is 12.1 Å². The molecule has 28 heavy (non-hydrogen) atoms. The van der Waals surface area contributed by atoms with E-state index in [0.29, 0.717) is 23.8 Å². The monoisotopic (exact) mass is 399 g/mol. The fraction of sp³-hybridized carbons (Fsp3) is 0.316. The molecule has 1 aliphatic rings. The van der Waals surface area contributed by atoms with Gasteiger partial charge in [0.25, 0.3) is 0 Å². The van der Waals surface area contributed by atoms with E-state index >= 15 is 0 Å². The van der Waals surface area contributed by atoms with Gasteiger partial charge in [0, 0.05) is 56.5 Å². The SMILES string of the molecule is CN1CCN(C(=O)Nc2ccc(Cl)cc2-n2cccn2)CC1c1nccn1C. The van der Waals surface area contributed by atoms with E-state index in [1.54, 1.807) is 35.3 Å². The third-order valence-electron chi connectivity index (χ3n) is 5.04. The lowest BCUT2D eigenvalue weighted by Crippen LogP contribution is -2.50. The van der Waals surface area contributed by atoms with Crippen LogP contribution in [0.3, 0.4) is 0 Å². The summed E-state index contributed by atoms with van der Waals surface area (Å²) in [5, 5.41) is 7.84. The lowest BCUT2D eigenvalue weighted by Gasteiger charge is -2.39. The highest BCUT2D eigenvalue weighted by atomic mass is 35.5. The molecule has 2 amide bonds. The highest BCUT2D eigenvalue weighted by Crippen LogP contribution is 2.26. The van der Waals surface area contributed by atoms with Crippen molar-refractivity contribution >= 4 is 23.3 Å². The van der Waals surface area contributed by atoms with Gasteiger partial charge >= 0.3 is 6.03 Å². The van der Waals surface area contributed by atoms with Gasteiger partial charge in [-0.2, -0.15) is 5.10 Å². The highest BCUT2D eigenvalue weighted by Gasteiger charge is 2.31. The second kappa shape index (κ2) is 7.65. The molecule has 0 bridgehead atoms. The summed E-state index contributed by atoms with van der Waals surface area (Å²) in [5.41, 5.74) is 1.38. The zero-order valence-corrected chi connectivity index (χ0v) is 16.5. The molecule has 1 aromatic carbocycles. The van der Waals surface area contributed by atoms with Gasteiger partial charge < -0.3 is 14.8 Å². The summed E-state index contributed by atoms with van der Waals surface area (Å²) in [4.78, 5) is 21.5. The van der Waals surface area contributed by atoms with Crippen LogP contribution in [0.5, 0.6) is 0 Å². The van der Waals surface area contributed by atoms with E-state index in [2.05, 4.69) is 27.3 Å². The first-order valence-electron chi connectivity index (χ1n) is 9.06. The molecule has 4 rings (SSSR count). The largest absolute Gasteiger partial charge is 0.337 e. The Balaban J connectivity index is 1.54. The third kappa shape index (κ3) is 3.61. The molecule has 8 nitrogen and oxygen atoms in total. The molecule has 3 aromatic rings. The van der Waals surface area contributed by atoms with E-state index in [1.165, 1.54) is 0 Å². The number of anilines is 1. The average molecular weight is 400 g/mol. The average Bonchev–Trinajstić information content (AvgIpc) is 3.35. The Morgan fingerprint density at radius 2 is 2.07 bits per heavy atom. The third-order valence-corrected chi connectivity index (χ3v) is 5.28. The Hall–Kier alpha value is -2.84. The smallest absolute Gasteiger partial charge is 0.322 e. The van der Waals surface area contributed by atoms with Crippen LogP contribution in [0.15, 0.2) is 49.1 Å². The number of urea groups is 1. The van der Waals surface area contributed by atoms with Crippen molar-refractivity contribution < 1.29 is 4.79 Å². The summed E-state index contributed by atoms with van der Waals surface area (Å²) in [6.45, 7) is 1.99. The van der Waals surface area contributed by atoms with Gasteiger partial charge in [0.05, 0.1) is 17.4 Å². The molecule has 1 atom stereocenters. The maximum Gasteiger partial charge on any atom is 0.322 e. The van der Waals surface area contributed by atoms with E-state index in [9.17, 15) is 4.79 Å². The zero-order chi connectivity index (χ0) is 19.7. The van der Waals surface area contributed by atoms with Gasteiger partial charge in [0.2, 0.25) is 0 Å². The number of likely N-dealkylation sites (N-methyl/N-ethyl adjacent to an activating group) is 1. The number of nitrogens with one attached hydrogen (secondary N) is 1. The standard InChI is InChI=1S/C19H22ClN7O/c1-24-10-11-26(13-17(24)18-21-7-9-25(18)2)19(28)23-15-5-4-14(20)12-16(15)27-8-3-6-22-27/h3-9,12,17H,10-11,13H2,1-2H3,(H,23,28). The Labute approximate surface area is 168 Å². The number of nitrogens with zero attached hydrogens (tertiary/aromatic N) is 6. The van der Waals surface area contributed by atoms with Crippen LogP contribution in [0.2, 0.25) is 5.02 Å². The number of rotatable bonds is 3. The van der Waals surface area contributed by atoms with Gasteiger partial charge in [0.1, 0.15) is 5.82 Å². The lowest BCUT2D eigenvalue weighted by molar-refractivity contribution is 0.110. The number of hydrogen-bond acceptors (Lipinski definition) is 4. The summed E-state index contributed by atoms with van der Waals surface area (Å²) in [6.07, 6.45) is 7.21. The minimum Gasteiger partial charge on any atom is -0.337 e. The number of hydrogen-bond donors (Lipinski definition) is 1. The molecular formula is C19H22ClN7O. The summed E-state index contributed by atoms with van der Waals surface area (Å²) in [6, 6.07) is 7.06. The molecule has 1 unspecified atom stereocenters. The van der Waals surface area contributed by atoms with Crippen LogP contribution in [0.4, 0.5) is 10.5 Å². The number of aryl methyl sites for hydroxylation is 1. The first kappa shape index (κ1) is 18.5. The summed E-state index contributed by atoms with van der Waals surface area (Å²) in [5.74, 6) is 0.948. The molecule has 0 radical (unpaired) electrons. The number of aromatic nitrogens is 4. The van der Waals surface area contributed by atoms with E-state index < -0.39 is 0 Å². The van der Waals surface area contributed by atoms with Crippen LogP contribution in [0.25, 0.3) is 5.69 Å². The quantitative estimate of drug-likeness (QED) is 0.735. The van der Waals surface area contributed by atoms with Crippen molar-refractivity contribution in [1.82, 2.24) is 29.1 Å². The molecule has 1 fully saturated rings. The van der Waals surface area contributed by atoms with Crippen LogP contribution in [0, 0.1) is 0 Å². The molecule has 1 saturated heterocycles. The van der Waals surface area contributed by atoms with Crippen LogP contribution in [-0.2, 0) is 7.05 Å². The van der Waals surface area contributed by atoms with E-state index in [1.807, 2.05) is 35.0 Å². The van der Waals surface area contributed by atoms with E-state index in [4.69, 9.17) is 11.6 Å². The highest BCUT2D eigenvalue weighted by molar-refractivity contribution is 6.30. The molecule has 0 aliphatic carbocycles. The van der Waals surface area contributed by atoms with E-state index in [0.717, 1.165) is 18.1 Å². The maximum atomic E-state index is 13.0. The Bertz CT molecular complexity index is 969. The van der Waals surface area contributed by atoms with Crippen molar-refractivity contribution in [2.75, 3.05) is 32.0 Å². The Kier molecular flexibility index (Phi) is 5.06. The predicted octanol–water partition coefficient (Wildman–Crippen LogP) is 2.78. The van der Waals surface area contributed by atoms with Crippen molar-refractivity contribution in [2.45, 2.75) is 6.04 Å². The van der Waals surface area contributed by atoms with Crippen molar-refractivity contribution in [2.24, 2.45) is 7.05 Å². The van der Waals surface area contributed by atoms with Crippen molar-refractivity contribution in [3.63, 3.8) is 0 Å². The topological polar surface area (TPSA) is 71.2 Å². The maximum absolute atomic E-state index is 13.0. The van der Waals surface area contributed by atoms with Gasteiger partial charge in [-0.05, 0) is 31.3 Å². The Morgan fingerprint density at radius 3 is 2.79 bits per heavy atom. The van der Waals surface area contributed by atoms with Gasteiger partial charge in [-0.1, -0.05) is 11.6 Å². The van der Waals surface area contributed by atoms with Gasteiger partial charge in [0.15, 0.2) is 0 Å². The van der Waals surface area contributed by atoms with Crippen LogP contribution in [-0.4, -0.2) is 61.8 Å². The molecule has 2 aromatic heterocycles. The van der Waals surface area contributed by atoms with Crippen LogP contribution >= 0.6 is 11.6 Å². The van der Waals surface area contributed by atoms with Gasteiger partial charge in [-0.3, -0.25) is 4.90 Å². The molecule has 1 N–H and O–H groups in total. The second-order valence-electron chi connectivity index (χ2n) is 6.88. The van der Waals surface area contributed by atoms with Crippen molar-refractivity contribution in [3.05, 3.63) is 59.9 Å². The number of piperazine rings is 1. The molecule has 146 valence electrons. The minimum atomic E-state index is -0.150. The Morgan fingerprint density at radius 1 is 1.21 bits per heavy atom. The van der Waals surface area contributed by atoms with Crippen LogP contribution < -0.4 is 5.32 Å². The fourth-order valence-electron chi connectivity index (χ4n) is 3.44. The number of carbonyl (C=O) groups excluding carboxylic acids is 1. The molecule has 3 heterocycles. The van der Waals surface area contributed by atoms with Crippen molar-refractivity contribution in [1.29, 1.82) is 0 Å². The van der Waals surface area contributed by atoms with Crippen LogP contribution in [0.1, 0.15) is 11.9 Å². The molecule has 0 spiro atoms. The number of amides is 2. The molecule has 0 saturated carbocycles. The normalized spacial score (nSPS) is 17.7. The number of carbonyl (C=O) groups is 1.